The molecule has 0 radical (unpaired) electrons. The van der Waals surface area contributed by atoms with Crippen LogP contribution in [0.2, 0.25) is 5.28 Å². The van der Waals surface area contributed by atoms with Crippen LogP contribution in [-0.4, -0.2) is 22.9 Å². The first-order valence-electron chi connectivity index (χ1n) is 5.42. The first-order valence-corrected chi connectivity index (χ1v) is 6.72. The minimum Gasteiger partial charge on any atom is -0.497 e. The Hall–Kier alpha value is -1.46. The second kappa shape index (κ2) is 6.12. The van der Waals surface area contributed by atoms with E-state index in [-0.39, 0.29) is 11.1 Å². The summed E-state index contributed by atoms with van der Waals surface area (Å²) in [7, 11) is 1.55. The van der Waals surface area contributed by atoms with Gasteiger partial charge in [-0.2, -0.15) is 0 Å². The van der Waals surface area contributed by atoms with E-state index in [0.29, 0.717) is 17.0 Å². The maximum Gasteiger partial charge on any atom is 0.222 e. The average molecular weight is 342 g/mol. The first-order chi connectivity index (χ1) is 9.11. The van der Waals surface area contributed by atoms with Gasteiger partial charge in [0.15, 0.2) is 5.78 Å². The van der Waals surface area contributed by atoms with Gasteiger partial charge in [-0.15, -0.1) is 0 Å². The second-order valence-electron chi connectivity index (χ2n) is 3.71. The van der Waals surface area contributed by atoms with Crippen molar-refractivity contribution in [2.45, 2.75) is 4.83 Å². The van der Waals surface area contributed by atoms with Gasteiger partial charge < -0.3 is 4.74 Å². The lowest BCUT2D eigenvalue weighted by atomic mass is 10.1. The fourth-order valence-corrected chi connectivity index (χ4v) is 2.22. The number of rotatable bonds is 4. The monoisotopic (exact) mass is 340 g/mol. The van der Waals surface area contributed by atoms with E-state index >= 15 is 0 Å². The predicted octanol–water partition coefficient (Wildman–Crippen LogP) is 3.46. The molecule has 0 fully saturated rings. The average Bonchev–Trinajstić information content (AvgIpc) is 2.45. The largest absolute Gasteiger partial charge is 0.497 e. The highest BCUT2D eigenvalue weighted by Crippen LogP contribution is 2.27. The first kappa shape index (κ1) is 14.0. The van der Waals surface area contributed by atoms with Gasteiger partial charge in [0.2, 0.25) is 5.28 Å². The van der Waals surface area contributed by atoms with E-state index in [1.54, 1.807) is 37.4 Å². The third-order valence-electron chi connectivity index (χ3n) is 2.49. The van der Waals surface area contributed by atoms with Crippen LogP contribution in [0.1, 0.15) is 20.9 Å². The molecule has 0 aliphatic carbocycles. The number of hydrogen-bond donors (Lipinski definition) is 0. The summed E-state index contributed by atoms with van der Waals surface area (Å²) in [6.45, 7) is 0. The Morgan fingerprint density at radius 3 is 2.89 bits per heavy atom. The normalized spacial score (nSPS) is 11.9. The maximum absolute atomic E-state index is 12.3. The molecule has 0 aliphatic heterocycles. The van der Waals surface area contributed by atoms with Crippen molar-refractivity contribution in [3.05, 3.63) is 53.1 Å². The number of hydrogen-bond acceptors (Lipinski definition) is 4. The molecule has 1 heterocycles. The number of aromatic nitrogens is 2. The van der Waals surface area contributed by atoms with Crippen LogP contribution in [-0.2, 0) is 0 Å². The van der Waals surface area contributed by atoms with Gasteiger partial charge in [0.1, 0.15) is 10.6 Å². The van der Waals surface area contributed by atoms with Gasteiger partial charge in [0.25, 0.3) is 0 Å². The Morgan fingerprint density at radius 1 is 1.42 bits per heavy atom. The van der Waals surface area contributed by atoms with E-state index in [1.165, 1.54) is 6.20 Å². The van der Waals surface area contributed by atoms with Crippen molar-refractivity contribution in [2.75, 3.05) is 7.11 Å². The summed E-state index contributed by atoms with van der Waals surface area (Å²) in [5.74, 6) is 0.514. The zero-order chi connectivity index (χ0) is 13.8. The summed E-state index contributed by atoms with van der Waals surface area (Å²) in [4.78, 5) is 19.6. The SMILES string of the molecule is COc1cccc(C(=O)C(Br)c2ccnc(Cl)n2)c1. The number of alkyl halides is 1. The molecule has 1 atom stereocenters. The molecular formula is C13H10BrClN2O2. The van der Waals surface area contributed by atoms with Gasteiger partial charge in [0.05, 0.1) is 12.8 Å². The highest BCUT2D eigenvalue weighted by Gasteiger charge is 2.21. The number of carbonyl (C=O) groups is 1. The molecule has 0 saturated heterocycles. The summed E-state index contributed by atoms with van der Waals surface area (Å²) < 4.78 is 5.10. The third-order valence-corrected chi connectivity index (χ3v) is 3.56. The maximum atomic E-state index is 12.3. The lowest BCUT2D eigenvalue weighted by molar-refractivity contribution is 0.0990. The summed E-state index contributed by atoms with van der Waals surface area (Å²) in [6, 6.07) is 8.59. The number of Topliss-reactive ketones (excluding diaryl/α,β-unsaturated/α-hetero) is 1. The van der Waals surface area contributed by atoms with Crippen LogP contribution in [0, 0.1) is 0 Å². The summed E-state index contributed by atoms with van der Waals surface area (Å²) in [5, 5.41) is 0.111. The molecule has 98 valence electrons. The summed E-state index contributed by atoms with van der Waals surface area (Å²) >= 11 is 9.04. The molecule has 0 spiro atoms. The molecule has 1 aromatic carbocycles. The quantitative estimate of drug-likeness (QED) is 0.485. The van der Waals surface area contributed by atoms with Gasteiger partial charge in [-0.3, -0.25) is 4.79 Å². The number of carbonyl (C=O) groups excluding carboxylic acids is 1. The molecule has 0 saturated carbocycles. The Balaban J connectivity index is 2.28. The Bertz CT molecular complexity index is 607. The van der Waals surface area contributed by atoms with Crippen molar-refractivity contribution >= 4 is 33.3 Å². The third kappa shape index (κ3) is 3.30. The number of ether oxygens (including phenoxy) is 1. The summed E-state index contributed by atoms with van der Waals surface area (Å²) in [5.41, 5.74) is 1.06. The summed E-state index contributed by atoms with van der Waals surface area (Å²) in [6.07, 6.45) is 1.51. The molecular weight excluding hydrogens is 332 g/mol. The number of methoxy groups -OCH3 is 1. The van der Waals surface area contributed by atoms with Crippen LogP contribution >= 0.6 is 27.5 Å². The van der Waals surface area contributed by atoms with Crippen molar-refractivity contribution in [1.82, 2.24) is 9.97 Å². The van der Waals surface area contributed by atoms with E-state index in [1.807, 2.05) is 0 Å². The molecule has 0 N–H and O–H groups in total. The van der Waals surface area contributed by atoms with Crippen LogP contribution in [0.3, 0.4) is 0 Å². The lowest BCUT2D eigenvalue weighted by Gasteiger charge is -2.09. The number of halogens is 2. The van der Waals surface area contributed by atoms with Crippen LogP contribution in [0.15, 0.2) is 36.5 Å². The van der Waals surface area contributed by atoms with Gasteiger partial charge in [0, 0.05) is 11.8 Å². The molecule has 2 aromatic rings. The Kier molecular flexibility index (Phi) is 4.50. The van der Waals surface area contributed by atoms with E-state index in [2.05, 4.69) is 25.9 Å². The number of ketones is 1. The van der Waals surface area contributed by atoms with Gasteiger partial charge in [-0.05, 0) is 29.8 Å². The zero-order valence-electron chi connectivity index (χ0n) is 10.0. The highest BCUT2D eigenvalue weighted by molar-refractivity contribution is 9.09. The van der Waals surface area contributed by atoms with Crippen molar-refractivity contribution in [3.8, 4) is 5.75 Å². The van der Waals surface area contributed by atoms with Crippen LogP contribution in [0.5, 0.6) is 5.75 Å². The fraction of sp³-hybridized carbons (Fsp3) is 0.154. The smallest absolute Gasteiger partial charge is 0.222 e. The molecule has 0 aliphatic rings. The minimum atomic E-state index is -0.569. The van der Waals surface area contributed by atoms with E-state index in [4.69, 9.17) is 16.3 Å². The van der Waals surface area contributed by atoms with Crippen LogP contribution in [0.4, 0.5) is 0 Å². The number of nitrogens with zero attached hydrogens (tertiary/aromatic N) is 2. The van der Waals surface area contributed by atoms with Gasteiger partial charge in [-0.1, -0.05) is 28.1 Å². The fourth-order valence-electron chi connectivity index (χ4n) is 1.55. The second-order valence-corrected chi connectivity index (χ2v) is 4.96. The molecule has 6 heteroatoms. The van der Waals surface area contributed by atoms with Crippen LogP contribution < -0.4 is 4.74 Å². The van der Waals surface area contributed by atoms with Crippen LogP contribution in [0.25, 0.3) is 0 Å². The zero-order valence-corrected chi connectivity index (χ0v) is 12.4. The van der Waals surface area contributed by atoms with Crippen molar-refractivity contribution in [1.29, 1.82) is 0 Å². The lowest BCUT2D eigenvalue weighted by Crippen LogP contribution is -2.09. The van der Waals surface area contributed by atoms with E-state index < -0.39 is 4.83 Å². The van der Waals surface area contributed by atoms with Crippen molar-refractivity contribution in [3.63, 3.8) is 0 Å². The molecule has 1 aromatic heterocycles. The van der Waals surface area contributed by atoms with E-state index in [9.17, 15) is 4.79 Å². The van der Waals surface area contributed by atoms with Crippen molar-refractivity contribution in [2.24, 2.45) is 0 Å². The highest BCUT2D eigenvalue weighted by atomic mass is 79.9. The minimum absolute atomic E-state index is 0.111. The molecule has 2 rings (SSSR count). The topological polar surface area (TPSA) is 52.1 Å². The van der Waals surface area contributed by atoms with E-state index in [0.717, 1.165) is 0 Å². The number of benzene rings is 1. The van der Waals surface area contributed by atoms with Crippen molar-refractivity contribution < 1.29 is 9.53 Å². The molecule has 0 bridgehead atoms. The Morgan fingerprint density at radius 2 is 2.21 bits per heavy atom. The van der Waals surface area contributed by atoms with Gasteiger partial charge >= 0.3 is 0 Å². The molecule has 4 nitrogen and oxygen atoms in total. The molecule has 1 unspecified atom stereocenters. The molecule has 19 heavy (non-hydrogen) atoms. The Labute approximate surface area is 123 Å². The predicted molar refractivity (Wildman–Crippen MR) is 76.0 cm³/mol. The van der Waals surface area contributed by atoms with Gasteiger partial charge in [-0.25, -0.2) is 9.97 Å². The standard InChI is InChI=1S/C13H10BrClN2O2/c1-19-9-4-2-3-8(7-9)12(18)11(14)10-5-6-16-13(15)17-10/h2-7,11H,1H3. The molecule has 0 amide bonds.